The molecule has 7 rings (SSSR count). The largest absolute Gasteiger partial charge is 0.381 e. The van der Waals surface area contributed by atoms with Crippen LogP contribution in [0.2, 0.25) is 0 Å². The molecule has 3 heteroatoms. The van der Waals surface area contributed by atoms with Gasteiger partial charge in [-0.15, -0.1) is 0 Å². The summed E-state index contributed by atoms with van der Waals surface area (Å²) >= 11 is 2.01. The molecule has 2 aliphatic rings. The van der Waals surface area contributed by atoms with E-state index in [4.69, 9.17) is 4.74 Å². The number of rotatable bonds is 3. The van der Waals surface area contributed by atoms with Gasteiger partial charge in [-0.3, -0.25) is 0 Å². The average molecular weight is 589 g/mol. The van der Waals surface area contributed by atoms with Gasteiger partial charge in [0, 0.05) is 34.5 Å². The minimum atomic E-state index is 0.180. The van der Waals surface area contributed by atoms with Gasteiger partial charge in [0.2, 0.25) is 5.69 Å². The lowest BCUT2D eigenvalue weighted by molar-refractivity contribution is -0.659. The predicted molar refractivity (Wildman–Crippen MR) is 184 cm³/mol. The van der Waals surface area contributed by atoms with E-state index in [1.807, 2.05) is 11.8 Å². The lowest BCUT2D eigenvalue weighted by Gasteiger charge is -2.28. The van der Waals surface area contributed by atoms with Crippen LogP contribution in [0.1, 0.15) is 82.6 Å². The molecule has 1 aromatic heterocycles. The van der Waals surface area contributed by atoms with Crippen molar-refractivity contribution in [3.63, 3.8) is 0 Å². The molecule has 0 N–H and O–H groups in total. The molecular weight excluding hydrogens is 543 g/mol. The van der Waals surface area contributed by atoms with Gasteiger partial charge in [-0.25, -0.2) is 4.57 Å². The smallest absolute Gasteiger partial charge is 0.222 e. The van der Waals surface area contributed by atoms with Crippen molar-refractivity contribution in [2.24, 2.45) is 17.9 Å². The Hall–Kier alpha value is -2.88. The molecule has 2 aliphatic heterocycles. The zero-order chi connectivity index (χ0) is 30.3. The van der Waals surface area contributed by atoms with E-state index in [0.717, 1.165) is 38.9 Å². The molecule has 0 atom stereocenters. The molecule has 5 aromatic rings. The van der Waals surface area contributed by atoms with Crippen molar-refractivity contribution in [3.8, 4) is 11.3 Å². The Morgan fingerprint density at radius 3 is 2.28 bits per heavy atom. The van der Waals surface area contributed by atoms with Crippen molar-refractivity contribution in [2.75, 3.05) is 13.2 Å². The van der Waals surface area contributed by atoms with Crippen LogP contribution in [-0.4, -0.2) is 13.2 Å². The van der Waals surface area contributed by atoms with E-state index < -0.39 is 0 Å². The van der Waals surface area contributed by atoms with E-state index in [9.17, 15) is 0 Å². The molecule has 1 fully saturated rings. The Bertz CT molecular complexity index is 1910. The van der Waals surface area contributed by atoms with Crippen LogP contribution in [-0.2, 0) is 24.6 Å². The second kappa shape index (κ2) is 10.3. The molecule has 0 spiro atoms. The number of fused-ring (bicyclic) bond motifs is 5. The normalized spacial score (nSPS) is 15.9. The fraction of sp³-hybridized carbons (Fsp3) is 0.425. The van der Waals surface area contributed by atoms with E-state index in [1.54, 1.807) is 0 Å². The average Bonchev–Trinajstić information content (AvgIpc) is 2.95. The lowest BCUT2D eigenvalue weighted by atomic mass is 9.81. The summed E-state index contributed by atoms with van der Waals surface area (Å²) in [6.07, 6.45) is 6.66. The predicted octanol–water partition coefficient (Wildman–Crippen LogP) is 10.5. The second-order valence-corrected chi connectivity index (χ2v) is 16.6. The first-order valence-electron chi connectivity index (χ1n) is 16.1. The summed E-state index contributed by atoms with van der Waals surface area (Å²) in [6.45, 7) is 18.3. The van der Waals surface area contributed by atoms with Crippen molar-refractivity contribution in [1.82, 2.24) is 0 Å². The Morgan fingerprint density at radius 1 is 0.814 bits per heavy atom. The van der Waals surface area contributed by atoms with Crippen molar-refractivity contribution in [1.29, 1.82) is 0 Å². The maximum atomic E-state index is 5.69. The molecule has 0 saturated carbocycles. The highest BCUT2D eigenvalue weighted by Gasteiger charge is 2.33. The Morgan fingerprint density at radius 2 is 1.56 bits per heavy atom. The number of benzene rings is 4. The molecule has 0 bridgehead atoms. The summed E-state index contributed by atoms with van der Waals surface area (Å²) in [5.74, 6) is 0.589. The zero-order valence-corrected chi connectivity index (χ0v) is 28.1. The van der Waals surface area contributed by atoms with Gasteiger partial charge in [0.1, 0.15) is 7.05 Å². The Kier molecular flexibility index (Phi) is 6.95. The van der Waals surface area contributed by atoms with Crippen LogP contribution in [0.15, 0.2) is 64.5 Å². The molecule has 0 amide bonds. The van der Waals surface area contributed by atoms with E-state index in [2.05, 4.69) is 115 Å². The summed E-state index contributed by atoms with van der Waals surface area (Å²) in [6, 6.07) is 19.4. The fourth-order valence-corrected chi connectivity index (χ4v) is 8.99. The van der Waals surface area contributed by atoms with Crippen molar-refractivity contribution in [3.05, 3.63) is 77.0 Å². The number of aryl methyl sites for hydroxylation is 2. The van der Waals surface area contributed by atoms with E-state index in [1.165, 1.54) is 75.6 Å². The summed E-state index contributed by atoms with van der Waals surface area (Å²) < 4.78 is 8.07. The van der Waals surface area contributed by atoms with Gasteiger partial charge in [0.25, 0.3) is 0 Å². The van der Waals surface area contributed by atoms with Gasteiger partial charge in [-0.05, 0) is 99.2 Å². The van der Waals surface area contributed by atoms with Crippen LogP contribution in [0.4, 0.5) is 0 Å². The van der Waals surface area contributed by atoms with Gasteiger partial charge in [-0.1, -0.05) is 89.7 Å². The van der Waals surface area contributed by atoms with Crippen LogP contribution < -0.4 is 4.57 Å². The van der Waals surface area contributed by atoms with Gasteiger partial charge < -0.3 is 4.74 Å². The number of ether oxygens (including phenoxy) is 1. The van der Waals surface area contributed by atoms with Crippen LogP contribution >= 0.6 is 11.8 Å². The van der Waals surface area contributed by atoms with Crippen molar-refractivity contribution >= 4 is 44.1 Å². The molecule has 1 saturated heterocycles. The van der Waals surface area contributed by atoms with Gasteiger partial charge in [0.15, 0.2) is 6.20 Å². The van der Waals surface area contributed by atoms with E-state index in [-0.39, 0.29) is 10.8 Å². The summed E-state index contributed by atoms with van der Waals surface area (Å²) in [4.78, 5) is 2.84. The standard InChI is InChI=1S/C40H46NOS/c1-24-31-19-25(22-39(2,3)4)9-12-29(31)33(23-40(5,6)7)38-35(24)37-36-30(13-16-41(37)8)32-20-27(26-14-17-42-18-15-26)10-11-28(32)21-34(36)43-38/h9-13,16,19-21,26H,14-15,17-18,22-23H2,1-8H3/q+1. The minimum Gasteiger partial charge on any atom is -0.381 e. The molecule has 0 aliphatic carbocycles. The number of hydrogen-bond acceptors (Lipinski definition) is 2. The molecule has 43 heavy (non-hydrogen) atoms. The first-order chi connectivity index (χ1) is 20.4. The monoisotopic (exact) mass is 588 g/mol. The highest BCUT2D eigenvalue weighted by molar-refractivity contribution is 8.00. The maximum absolute atomic E-state index is 5.69. The van der Waals surface area contributed by atoms with Crippen molar-refractivity contribution < 1.29 is 9.30 Å². The molecule has 0 radical (unpaired) electrons. The SMILES string of the molecule is Cc1c2c(c(CC(C)(C)C)c3ccc(CC(C)(C)C)cc13)Sc1cc3ccc(C4CCOCC4)cc3c3cc[n+](C)c-2c13. The number of hydrogen-bond donors (Lipinski definition) is 0. The van der Waals surface area contributed by atoms with Gasteiger partial charge in [-0.2, -0.15) is 0 Å². The van der Waals surface area contributed by atoms with E-state index in [0.29, 0.717) is 5.92 Å². The Labute approximate surface area is 261 Å². The third-order valence-electron chi connectivity index (χ3n) is 9.50. The van der Waals surface area contributed by atoms with Crippen LogP contribution in [0.25, 0.3) is 43.6 Å². The molecule has 3 heterocycles. The molecular formula is C40H46NOS+. The minimum absolute atomic E-state index is 0.180. The molecule has 4 aromatic carbocycles. The first-order valence-corrected chi connectivity index (χ1v) is 16.9. The first kappa shape index (κ1) is 28.9. The number of pyridine rings is 1. The molecule has 222 valence electrons. The summed E-state index contributed by atoms with van der Waals surface area (Å²) in [5, 5.41) is 8.37. The van der Waals surface area contributed by atoms with Gasteiger partial charge in [0.05, 0.1) is 10.9 Å². The maximum Gasteiger partial charge on any atom is 0.222 e. The quantitative estimate of drug-likeness (QED) is 0.151. The van der Waals surface area contributed by atoms with Crippen LogP contribution in [0.5, 0.6) is 0 Å². The van der Waals surface area contributed by atoms with E-state index >= 15 is 0 Å². The number of aromatic nitrogens is 1. The summed E-state index contributed by atoms with van der Waals surface area (Å²) in [7, 11) is 2.24. The fourth-order valence-electron chi connectivity index (χ4n) is 7.61. The third kappa shape index (κ3) is 5.17. The molecule has 0 unspecified atom stereocenters. The lowest BCUT2D eigenvalue weighted by Crippen LogP contribution is -2.32. The second-order valence-electron chi connectivity index (χ2n) is 15.6. The zero-order valence-electron chi connectivity index (χ0n) is 27.3. The Balaban J connectivity index is 1.53. The molecule has 2 nitrogen and oxygen atoms in total. The highest BCUT2D eigenvalue weighted by Crippen LogP contribution is 2.53. The number of nitrogens with zero attached hydrogens (tertiary/aromatic N) is 1. The topological polar surface area (TPSA) is 13.1 Å². The summed E-state index contributed by atoms with van der Waals surface area (Å²) in [5.41, 5.74) is 9.05. The van der Waals surface area contributed by atoms with Crippen LogP contribution in [0, 0.1) is 17.8 Å². The van der Waals surface area contributed by atoms with Gasteiger partial charge >= 0.3 is 0 Å². The van der Waals surface area contributed by atoms with Crippen molar-refractivity contribution in [2.45, 2.75) is 89.9 Å². The highest BCUT2D eigenvalue weighted by atomic mass is 32.2. The third-order valence-corrected chi connectivity index (χ3v) is 10.7. The van der Waals surface area contributed by atoms with Crippen LogP contribution in [0.3, 0.4) is 0 Å².